The Bertz CT molecular complexity index is 4400. The van der Waals surface area contributed by atoms with Crippen molar-refractivity contribution in [3.8, 4) is 44.5 Å². The van der Waals surface area contributed by atoms with Crippen molar-refractivity contribution >= 4 is 141 Å². The van der Waals surface area contributed by atoms with Gasteiger partial charge in [0.05, 0.1) is 0 Å². The van der Waals surface area contributed by atoms with Gasteiger partial charge in [-0.05, 0) is 65.3 Å². The summed E-state index contributed by atoms with van der Waals surface area (Å²) >= 11 is -1.65. The molecule has 96 heavy (non-hydrogen) atoms. The van der Waals surface area contributed by atoms with Crippen LogP contribution in [0.5, 0.6) is 0 Å². The summed E-state index contributed by atoms with van der Waals surface area (Å²) in [7, 11) is 25.7. The third-order valence-corrected chi connectivity index (χ3v) is 16.6. The molecule has 480 valence electrons. The molecule has 0 aromatic heterocycles. The molecule has 0 saturated heterocycles. The first-order valence-electron chi connectivity index (χ1n) is 32.1. The molecule has 0 N–H and O–H groups in total. The van der Waals surface area contributed by atoms with Gasteiger partial charge in [-0.3, -0.25) is 0 Å². The number of halogens is 4. The Hall–Kier alpha value is -6.52. The quantitative estimate of drug-likeness (QED) is 0.0848. The normalized spacial score (nSPS) is 10.4. The van der Waals surface area contributed by atoms with E-state index in [0.717, 1.165) is 12.8 Å². The second-order valence-electron chi connectivity index (χ2n) is 23.0. The first-order chi connectivity index (χ1) is 47.0. The molecule has 0 saturated carbocycles. The second-order valence-corrected chi connectivity index (χ2v) is 30.5. The SMILES string of the molecule is C[Si].C[Si].Cc1cc2c(-c3cccc4ccccc34)cccc2[cH-]1.Cc1cc2c(-c3cccc4ccccc34)cccc2[cH-]1.Cc1cc2c(-c3cccc4ccccc34)cccc2[cH-]1.Cc1cc2c(-c3cccc4ccccc34)cccc2[cH-]1.[CH2-]CCCC[CH2-].[Cl][Zr][Cl].[Cl][Zr][Cl]. The minimum atomic E-state index is -0.826. The van der Waals surface area contributed by atoms with Crippen LogP contribution in [0.1, 0.15) is 47.9 Å². The van der Waals surface area contributed by atoms with Crippen LogP contribution >= 0.6 is 34.1 Å². The molecule has 0 atom stereocenters. The third-order valence-electron chi connectivity index (χ3n) is 16.6. The van der Waals surface area contributed by atoms with Crippen LogP contribution in [0.4, 0.5) is 0 Å². The van der Waals surface area contributed by atoms with Gasteiger partial charge in [-0.2, -0.15) is 37.1 Å². The summed E-state index contributed by atoms with van der Waals surface area (Å²) in [5.41, 5.74) is 15.9. The molecule has 0 fully saturated rings. The van der Waals surface area contributed by atoms with Gasteiger partial charge in [-0.25, -0.2) is 0 Å². The molecule has 16 aromatic carbocycles. The number of hydrogen-bond donors (Lipinski definition) is 0. The van der Waals surface area contributed by atoms with Gasteiger partial charge in [0.15, 0.2) is 0 Å². The Morgan fingerprint density at radius 3 is 0.625 bits per heavy atom. The van der Waals surface area contributed by atoms with E-state index in [2.05, 4.69) is 353 Å². The van der Waals surface area contributed by atoms with Crippen molar-refractivity contribution in [1.82, 2.24) is 0 Å². The summed E-state index contributed by atoms with van der Waals surface area (Å²) in [5, 5.41) is 21.2. The van der Waals surface area contributed by atoms with Gasteiger partial charge in [-0.1, -0.05) is 270 Å². The number of unbranched alkanes of at least 4 members (excludes halogenated alkanes) is 3. The molecule has 8 heteroatoms. The van der Waals surface area contributed by atoms with Crippen LogP contribution in [0.15, 0.2) is 291 Å². The van der Waals surface area contributed by atoms with E-state index < -0.39 is 41.7 Å². The Kier molecular flexibility index (Phi) is 30.7. The number of fused-ring (bicyclic) bond motifs is 8. The van der Waals surface area contributed by atoms with Crippen LogP contribution in [-0.4, -0.2) is 20.5 Å². The molecule has 0 amide bonds. The molecule has 0 unspecified atom stereocenters. The van der Waals surface area contributed by atoms with E-state index in [1.807, 2.05) is 0 Å². The van der Waals surface area contributed by atoms with Crippen LogP contribution in [-0.2, 0) is 41.7 Å². The molecule has 0 aliphatic heterocycles. The maximum atomic E-state index is 4.93. The molecule has 6 radical (unpaired) electrons. The minimum absolute atomic E-state index is 0.826. The van der Waals surface area contributed by atoms with E-state index in [1.54, 1.807) is 13.1 Å². The Labute approximate surface area is 614 Å². The van der Waals surface area contributed by atoms with Gasteiger partial charge < -0.3 is 13.8 Å². The fourth-order valence-electron chi connectivity index (χ4n) is 12.7. The van der Waals surface area contributed by atoms with Gasteiger partial charge in [0.2, 0.25) is 0 Å². The predicted molar refractivity (Wildman–Crippen MR) is 425 cm³/mol. The van der Waals surface area contributed by atoms with E-state index in [9.17, 15) is 0 Å². The van der Waals surface area contributed by atoms with Crippen molar-refractivity contribution in [3.63, 3.8) is 0 Å². The number of hydrogen-bond acceptors (Lipinski definition) is 0. The summed E-state index contributed by atoms with van der Waals surface area (Å²) in [5.74, 6) is 0. The third kappa shape index (κ3) is 19.2. The monoisotopic (exact) mass is 1510 g/mol. The van der Waals surface area contributed by atoms with Crippen molar-refractivity contribution in [2.75, 3.05) is 0 Å². The summed E-state index contributed by atoms with van der Waals surface area (Å²) in [6.07, 6.45) is 4.61. The van der Waals surface area contributed by atoms with Gasteiger partial charge in [0.1, 0.15) is 0 Å². The van der Waals surface area contributed by atoms with Gasteiger partial charge >= 0.3 is 75.7 Å². The molecule has 0 nitrogen and oxygen atoms in total. The van der Waals surface area contributed by atoms with Crippen molar-refractivity contribution in [3.05, 3.63) is 327 Å². The standard InChI is InChI=1S/4C20H15.C6H12.2CH3Si.4ClH.2Zr/c4*1-14-12-16-8-5-11-19(20(16)13-14)18-10-4-7-15-6-2-3-9-17(15)18;1-3-5-6-4-2;2*1-2;;;;;;/h4*2-13H,1H3;1-6H2;2*1H3;4*1H;;/q4*-1;-2;;;;;;;2*+2/p-4. The first-order valence-corrected chi connectivity index (χ1v) is 46.8. The van der Waals surface area contributed by atoms with Crippen LogP contribution in [0.3, 0.4) is 0 Å². The molecule has 0 heterocycles. The number of benzene rings is 12. The summed E-state index contributed by atoms with van der Waals surface area (Å²) in [4.78, 5) is 0. The van der Waals surface area contributed by atoms with E-state index in [-0.39, 0.29) is 0 Å². The number of aryl methyl sites for hydroxylation is 4. The summed E-state index contributed by atoms with van der Waals surface area (Å²) in [6, 6.07) is 105. The Balaban J connectivity index is 0.000000152. The van der Waals surface area contributed by atoms with E-state index in [0.29, 0.717) is 0 Å². The van der Waals surface area contributed by atoms with Crippen molar-refractivity contribution < 1.29 is 41.7 Å². The zero-order valence-corrected chi connectivity index (χ0v) is 65.4. The molecule has 0 spiro atoms. The molecule has 0 bridgehead atoms. The van der Waals surface area contributed by atoms with E-state index in [1.165, 1.54) is 166 Å². The molecule has 16 rings (SSSR count). The molecule has 0 aliphatic rings. The maximum absolute atomic E-state index is 4.93. The van der Waals surface area contributed by atoms with Crippen LogP contribution in [0.2, 0.25) is 13.1 Å². The van der Waals surface area contributed by atoms with Crippen molar-refractivity contribution in [2.45, 2.75) is 66.5 Å². The molecular weight excluding hydrogens is 1440 g/mol. The Morgan fingerprint density at radius 1 is 0.260 bits per heavy atom. The average Bonchev–Trinajstić information content (AvgIpc) is 1.43. The molecular formula is C88H78Cl4Si2Zr2-6. The van der Waals surface area contributed by atoms with Gasteiger partial charge in [0, 0.05) is 20.5 Å². The van der Waals surface area contributed by atoms with Gasteiger partial charge in [-0.15, -0.1) is 138 Å². The zero-order chi connectivity index (χ0) is 68.3. The van der Waals surface area contributed by atoms with Crippen LogP contribution in [0, 0.1) is 41.5 Å². The topological polar surface area (TPSA) is 0 Å². The van der Waals surface area contributed by atoms with Gasteiger partial charge in [0.25, 0.3) is 0 Å². The average molecular weight is 1520 g/mol. The first kappa shape index (κ1) is 75.3. The fourth-order valence-corrected chi connectivity index (χ4v) is 12.7. The zero-order valence-electron chi connectivity index (χ0n) is 55.5. The predicted octanol–water partition coefficient (Wildman–Crippen LogP) is 28.1. The Morgan fingerprint density at radius 2 is 0.427 bits per heavy atom. The number of rotatable bonds is 7. The van der Waals surface area contributed by atoms with Crippen molar-refractivity contribution in [1.29, 1.82) is 0 Å². The second kappa shape index (κ2) is 39.2. The van der Waals surface area contributed by atoms with E-state index >= 15 is 0 Å². The summed E-state index contributed by atoms with van der Waals surface area (Å²) in [6.45, 7) is 19.6. The fraction of sp³-hybridized carbons (Fsp3) is 0.114. The van der Waals surface area contributed by atoms with Crippen LogP contribution < -0.4 is 0 Å². The molecule has 0 aliphatic carbocycles. The van der Waals surface area contributed by atoms with Crippen LogP contribution in [0.25, 0.3) is 131 Å². The summed E-state index contributed by atoms with van der Waals surface area (Å²) < 4.78 is 0. The van der Waals surface area contributed by atoms with Crippen molar-refractivity contribution in [2.24, 2.45) is 0 Å². The molecule has 16 aromatic rings. The van der Waals surface area contributed by atoms with E-state index in [4.69, 9.17) is 34.1 Å².